The number of carbonyl (C=O) groups excluding carboxylic acids is 1. The van der Waals surface area contributed by atoms with Crippen LogP contribution in [0.2, 0.25) is 0 Å². The van der Waals surface area contributed by atoms with Crippen LogP contribution in [-0.4, -0.2) is 26.4 Å². The van der Waals surface area contributed by atoms with Crippen LogP contribution in [0.5, 0.6) is 0 Å². The first-order valence-electron chi connectivity index (χ1n) is 5.34. The van der Waals surface area contributed by atoms with Gasteiger partial charge in [-0.3, -0.25) is 14.0 Å². The second-order valence-corrected chi connectivity index (χ2v) is 5.76. The summed E-state index contributed by atoms with van der Waals surface area (Å²) in [4.78, 5) is 16.0. The fraction of sp³-hybridized carbons (Fsp3) is 0.455. The summed E-state index contributed by atoms with van der Waals surface area (Å²) in [5.41, 5.74) is 6.02. The molecule has 0 aliphatic carbocycles. The molecular weight excluding hydrogens is 238 g/mol. The SMILES string of the molecule is CC(C)NC(=O)C(C)S(=O)c1ccncc1N. The Balaban J connectivity index is 2.84. The molecule has 1 heterocycles. The number of nitrogen functional groups attached to an aromatic ring is 1. The van der Waals surface area contributed by atoms with Gasteiger partial charge in [0.2, 0.25) is 5.91 Å². The van der Waals surface area contributed by atoms with Gasteiger partial charge in [-0.2, -0.15) is 0 Å². The second-order valence-electron chi connectivity index (χ2n) is 4.02. The highest BCUT2D eigenvalue weighted by molar-refractivity contribution is 7.86. The highest BCUT2D eigenvalue weighted by Crippen LogP contribution is 2.17. The van der Waals surface area contributed by atoms with Crippen LogP contribution in [0, 0.1) is 0 Å². The Bertz CT molecular complexity index is 434. The Morgan fingerprint density at radius 1 is 1.47 bits per heavy atom. The van der Waals surface area contributed by atoms with Gasteiger partial charge in [-0.1, -0.05) is 0 Å². The van der Waals surface area contributed by atoms with Gasteiger partial charge in [0, 0.05) is 12.2 Å². The summed E-state index contributed by atoms with van der Waals surface area (Å²) in [5.74, 6) is -0.241. The van der Waals surface area contributed by atoms with Crippen molar-refractivity contribution in [1.82, 2.24) is 10.3 Å². The van der Waals surface area contributed by atoms with Crippen LogP contribution in [0.3, 0.4) is 0 Å². The normalized spacial score (nSPS) is 14.4. The van der Waals surface area contributed by atoms with Gasteiger partial charge in [-0.05, 0) is 26.8 Å². The summed E-state index contributed by atoms with van der Waals surface area (Å²) in [7, 11) is -1.46. The standard InChI is InChI=1S/C11H17N3O2S/c1-7(2)14-11(15)8(3)17(16)10-4-5-13-6-9(10)12/h4-8H,12H2,1-3H3,(H,14,15). The number of nitrogens with zero attached hydrogens (tertiary/aromatic N) is 1. The van der Waals surface area contributed by atoms with Crippen LogP contribution < -0.4 is 11.1 Å². The fourth-order valence-corrected chi connectivity index (χ4v) is 2.39. The molecule has 2 atom stereocenters. The number of anilines is 1. The lowest BCUT2D eigenvalue weighted by atomic mass is 10.3. The van der Waals surface area contributed by atoms with Crippen molar-refractivity contribution >= 4 is 22.4 Å². The first kappa shape index (κ1) is 13.6. The van der Waals surface area contributed by atoms with Crippen molar-refractivity contribution in [2.75, 3.05) is 5.73 Å². The van der Waals surface area contributed by atoms with Gasteiger partial charge in [0.25, 0.3) is 0 Å². The lowest BCUT2D eigenvalue weighted by Gasteiger charge is -2.15. The Morgan fingerprint density at radius 3 is 2.65 bits per heavy atom. The first-order chi connectivity index (χ1) is 7.93. The van der Waals surface area contributed by atoms with E-state index >= 15 is 0 Å². The predicted molar refractivity (Wildman–Crippen MR) is 67.8 cm³/mol. The minimum Gasteiger partial charge on any atom is -0.396 e. The monoisotopic (exact) mass is 255 g/mol. The third-order valence-corrected chi connectivity index (χ3v) is 3.81. The van der Waals surface area contributed by atoms with Gasteiger partial charge in [0.1, 0.15) is 5.25 Å². The van der Waals surface area contributed by atoms with Crippen molar-refractivity contribution in [2.45, 2.75) is 37.0 Å². The van der Waals surface area contributed by atoms with Gasteiger partial charge in [-0.15, -0.1) is 0 Å². The number of aromatic nitrogens is 1. The van der Waals surface area contributed by atoms with Gasteiger partial charge in [-0.25, -0.2) is 0 Å². The summed E-state index contributed by atoms with van der Waals surface area (Å²) in [6, 6.07) is 1.60. The zero-order valence-electron chi connectivity index (χ0n) is 10.1. The summed E-state index contributed by atoms with van der Waals surface area (Å²) in [6.07, 6.45) is 2.94. The number of amides is 1. The maximum atomic E-state index is 12.1. The molecule has 17 heavy (non-hydrogen) atoms. The van der Waals surface area contributed by atoms with Crippen LogP contribution in [0.25, 0.3) is 0 Å². The van der Waals surface area contributed by atoms with Crippen molar-refractivity contribution in [3.05, 3.63) is 18.5 Å². The molecule has 0 fully saturated rings. The minimum atomic E-state index is -1.46. The second kappa shape index (κ2) is 5.77. The molecule has 1 aromatic heterocycles. The Hall–Kier alpha value is -1.43. The number of hydrogen-bond acceptors (Lipinski definition) is 4. The third kappa shape index (κ3) is 3.52. The Kier molecular flexibility index (Phi) is 4.62. The number of nitrogens with two attached hydrogens (primary N) is 1. The largest absolute Gasteiger partial charge is 0.396 e. The molecular formula is C11H17N3O2S. The molecule has 0 aliphatic heterocycles. The van der Waals surface area contributed by atoms with Crippen molar-refractivity contribution in [1.29, 1.82) is 0 Å². The topological polar surface area (TPSA) is 85.1 Å². The molecule has 5 nitrogen and oxygen atoms in total. The van der Waals surface area contributed by atoms with Gasteiger partial charge >= 0.3 is 0 Å². The molecule has 3 N–H and O–H groups in total. The van der Waals surface area contributed by atoms with E-state index in [0.717, 1.165) is 0 Å². The molecule has 94 valence electrons. The summed E-state index contributed by atoms with van der Waals surface area (Å²) < 4.78 is 12.1. The first-order valence-corrected chi connectivity index (χ1v) is 6.55. The summed E-state index contributed by atoms with van der Waals surface area (Å²) in [6.45, 7) is 5.33. The van der Waals surface area contributed by atoms with Crippen molar-refractivity contribution in [2.24, 2.45) is 0 Å². The van der Waals surface area contributed by atoms with E-state index in [9.17, 15) is 9.00 Å². The Labute approximate surface area is 103 Å². The van der Waals surface area contributed by atoms with Crippen molar-refractivity contribution < 1.29 is 9.00 Å². The van der Waals surface area contributed by atoms with Crippen molar-refractivity contribution in [3.63, 3.8) is 0 Å². The number of pyridine rings is 1. The zero-order valence-corrected chi connectivity index (χ0v) is 11.0. The fourth-order valence-electron chi connectivity index (χ4n) is 1.27. The lowest BCUT2D eigenvalue weighted by molar-refractivity contribution is -0.120. The van der Waals surface area contributed by atoms with Crippen LogP contribution in [-0.2, 0) is 15.6 Å². The molecule has 0 saturated heterocycles. The molecule has 0 radical (unpaired) electrons. The molecule has 1 aromatic rings. The van der Waals surface area contributed by atoms with Crippen LogP contribution in [0.15, 0.2) is 23.4 Å². The van der Waals surface area contributed by atoms with E-state index in [4.69, 9.17) is 5.73 Å². The molecule has 0 bridgehead atoms. The van der Waals surface area contributed by atoms with E-state index in [1.54, 1.807) is 13.0 Å². The highest BCUT2D eigenvalue weighted by Gasteiger charge is 2.23. The maximum absolute atomic E-state index is 12.1. The number of rotatable bonds is 4. The van der Waals surface area contributed by atoms with E-state index in [-0.39, 0.29) is 11.9 Å². The third-order valence-electron chi connectivity index (χ3n) is 2.15. The lowest BCUT2D eigenvalue weighted by Crippen LogP contribution is -2.39. The molecule has 0 aromatic carbocycles. The molecule has 1 rings (SSSR count). The van der Waals surface area contributed by atoms with Gasteiger partial charge < -0.3 is 11.1 Å². The molecule has 1 amide bonds. The molecule has 6 heteroatoms. The number of hydrogen-bond donors (Lipinski definition) is 2. The van der Waals surface area contributed by atoms with Crippen LogP contribution in [0.4, 0.5) is 5.69 Å². The number of nitrogens with one attached hydrogen (secondary N) is 1. The average molecular weight is 255 g/mol. The summed E-state index contributed by atoms with van der Waals surface area (Å²) in [5, 5.41) is 2.09. The van der Waals surface area contributed by atoms with E-state index < -0.39 is 16.0 Å². The number of carbonyl (C=O) groups is 1. The molecule has 0 saturated carbocycles. The minimum absolute atomic E-state index is 0.0248. The zero-order chi connectivity index (χ0) is 13.0. The molecule has 0 aliphatic rings. The van der Waals surface area contributed by atoms with Crippen LogP contribution >= 0.6 is 0 Å². The Morgan fingerprint density at radius 2 is 2.12 bits per heavy atom. The van der Waals surface area contributed by atoms with Gasteiger partial charge in [0.15, 0.2) is 0 Å². The van der Waals surface area contributed by atoms with E-state index in [1.807, 2.05) is 13.8 Å². The molecule has 2 unspecified atom stereocenters. The molecule has 0 spiro atoms. The van der Waals surface area contributed by atoms with Gasteiger partial charge in [0.05, 0.1) is 27.6 Å². The van der Waals surface area contributed by atoms with E-state index in [0.29, 0.717) is 10.6 Å². The van der Waals surface area contributed by atoms with Crippen molar-refractivity contribution in [3.8, 4) is 0 Å². The summed E-state index contributed by atoms with van der Waals surface area (Å²) >= 11 is 0. The predicted octanol–water partition coefficient (Wildman–Crippen LogP) is 0.684. The van der Waals surface area contributed by atoms with E-state index in [1.165, 1.54) is 12.4 Å². The highest BCUT2D eigenvalue weighted by atomic mass is 32.2. The van der Waals surface area contributed by atoms with E-state index in [2.05, 4.69) is 10.3 Å². The average Bonchev–Trinajstić information content (AvgIpc) is 2.27. The quantitative estimate of drug-likeness (QED) is 0.828. The smallest absolute Gasteiger partial charge is 0.236 e. The maximum Gasteiger partial charge on any atom is 0.236 e. The van der Waals surface area contributed by atoms with Crippen LogP contribution in [0.1, 0.15) is 20.8 Å².